The van der Waals surface area contributed by atoms with E-state index in [4.69, 9.17) is 0 Å². The van der Waals surface area contributed by atoms with Crippen molar-refractivity contribution in [3.05, 3.63) is 35.0 Å². The molecule has 2 heterocycles. The Morgan fingerprint density at radius 1 is 1.59 bits per heavy atom. The van der Waals surface area contributed by atoms with E-state index < -0.39 is 0 Å². The largest absolute Gasteiger partial charge is 0.351 e. The zero-order valence-electron chi connectivity index (χ0n) is 9.89. The Labute approximate surface area is 106 Å². The zero-order chi connectivity index (χ0) is 12.1. The Kier molecular flexibility index (Phi) is 4.34. The van der Waals surface area contributed by atoms with Crippen molar-refractivity contribution in [2.45, 2.75) is 18.9 Å². The van der Waals surface area contributed by atoms with Gasteiger partial charge in [0.15, 0.2) is 0 Å². The van der Waals surface area contributed by atoms with Gasteiger partial charge in [0.1, 0.15) is 0 Å². The molecule has 0 spiro atoms. The zero-order valence-corrected chi connectivity index (χ0v) is 10.7. The highest BCUT2D eigenvalue weighted by Crippen LogP contribution is 2.26. The van der Waals surface area contributed by atoms with Crippen LogP contribution in [0.2, 0.25) is 0 Å². The predicted octanol–water partition coefficient (Wildman–Crippen LogP) is 2.19. The van der Waals surface area contributed by atoms with Gasteiger partial charge in [-0.25, -0.2) is 0 Å². The normalized spacial score (nSPS) is 17.9. The summed E-state index contributed by atoms with van der Waals surface area (Å²) >= 11 is 1.71. The molecule has 1 fully saturated rings. The number of hydrogen-bond donors (Lipinski definition) is 1. The van der Waals surface area contributed by atoms with E-state index in [1.807, 2.05) is 0 Å². The SMILES string of the molecule is C=CC(=O)NCC(c1ccsc1)N1CCCC1. The number of carbonyl (C=O) groups is 1. The number of amides is 1. The van der Waals surface area contributed by atoms with Crippen molar-refractivity contribution < 1.29 is 4.79 Å². The first-order chi connectivity index (χ1) is 8.31. The number of carbonyl (C=O) groups excluding carboxylic acids is 1. The fraction of sp³-hybridized carbons (Fsp3) is 0.462. The molecule has 1 aliphatic rings. The highest BCUT2D eigenvalue weighted by molar-refractivity contribution is 7.07. The van der Waals surface area contributed by atoms with Crippen molar-refractivity contribution in [3.63, 3.8) is 0 Å². The number of nitrogens with zero attached hydrogens (tertiary/aromatic N) is 1. The molecule has 3 nitrogen and oxygen atoms in total. The Morgan fingerprint density at radius 3 is 2.94 bits per heavy atom. The molecule has 1 aromatic heterocycles. The molecular weight excluding hydrogens is 232 g/mol. The lowest BCUT2D eigenvalue weighted by Gasteiger charge is -2.27. The van der Waals surface area contributed by atoms with Crippen LogP contribution in [0.3, 0.4) is 0 Å². The van der Waals surface area contributed by atoms with Crippen LogP contribution in [0.15, 0.2) is 29.5 Å². The van der Waals surface area contributed by atoms with Gasteiger partial charge in [-0.05, 0) is 54.4 Å². The van der Waals surface area contributed by atoms with Crippen molar-refractivity contribution in [1.29, 1.82) is 0 Å². The molecule has 0 aliphatic carbocycles. The first-order valence-electron chi connectivity index (χ1n) is 5.97. The van der Waals surface area contributed by atoms with Gasteiger partial charge in [-0.2, -0.15) is 11.3 Å². The third-order valence-electron chi connectivity index (χ3n) is 3.16. The van der Waals surface area contributed by atoms with Crippen molar-refractivity contribution in [3.8, 4) is 0 Å². The molecule has 2 rings (SSSR count). The number of rotatable bonds is 5. The summed E-state index contributed by atoms with van der Waals surface area (Å²) in [5.74, 6) is -0.0931. The molecule has 0 bridgehead atoms. The second-order valence-electron chi connectivity index (χ2n) is 4.26. The van der Waals surface area contributed by atoms with Crippen LogP contribution in [0.4, 0.5) is 0 Å². The topological polar surface area (TPSA) is 32.3 Å². The van der Waals surface area contributed by atoms with Gasteiger partial charge in [-0.3, -0.25) is 9.69 Å². The Balaban J connectivity index is 2.02. The van der Waals surface area contributed by atoms with E-state index in [2.05, 4.69) is 33.6 Å². The molecule has 17 heavy (non-hydrogen) atoms. The lowest BCUT2D eigenvalue weighted by Crippen LogP contribution is -2.35. The molecule has 1 aliphatic heterocycles. The maximum atomic E-state index is 11.3. The fourth-order valence-corrected chi connectivity index (χ4v) is 2.95. The molecule has 0 radical (unpaired) electrons. The van der Waals surface area contributed by atoms with Gasteiger partial charge in [0.05, 0.1) is 6.04 Å². The van der Waals surface area contributed by atoms with Crippen LogP contribution in [0.1, 0.15) is 24.4 Å². The smallest absolute Gasteiger partial charge is 0.243 e. The van der Waals surface area contributed by atoms with Gasteiger partial charge in [0.25, 0.3) is 0 Å². The molecule has 1 saturated heterocycles. The van der Waals surface area contributed by atoms with E-state index >= 15 is 0 Å². The molecule has 0 saturated carbocycles. The third-order valence-corrected chi connectivity index (χ3v) is 3.87. The van der Waals surface area contributed by atoms with Crippen LogP contribution >= 0.6 is 11.3 Å². The van der Waals surface area contributed by atoms with Gasteiger partial charge in [0, 0.05) is 6.54 Å². The predicted molar refractivity (Wildman–Crippen MR) is 71.1 cm³/mol. The number of thiophene rings is 1. The van der Waals surface area contributed by atoms with Gasteiger partial charge in [-0.15, -0.1) is 0 Å². The quantitative estimate of drug-likeness (QED) is 0.812. The van der Waals surface area contributed by atoms with E-state index in [0.29, 0.717) is 12.6 Å². The molecular formula is C13H18N2OS. The van der Waals surface area contributed by atoms with Gasteiger partial charge < -0.3 is 5.32 Å². The van der Waals surface area contributed by atoms with Gasteiger partial charge in [0.2, 0.25) is 5.91 Å². The van der Waals surface area contributed by atoms with Gasteiger partial charge >= 0.3 is 0 Å². The number of hydrogen-bond acceptors (Lipinski definition) is 3. The van der Waals surface area contributed by atoms with E-state index in [-0.39, 0.29) is 5.91 Å². The minimum atomic E-state index is -0.0931. The summed E-state index contributed by atoms with van der Waals surface area (Å²) in [6.45, 7) is 6.40. The molecule has 1 N–H and O–H groups in total. The highest BCUT2D eigenvalue weighted by atomic mass is 32.1. The fourth-order valence-electron chi connectivity index (χ4n) is 2.25. The van der Waals surface area contributed by atoms with Crippen molar-refractivity contribution >= 4 is 17.2 Å². The molecule has 1 atom stereocenters. The first-order valence-corrected chi connectivity index (χ1v) is 6.92. The second-order valence-corrected chi connectivity index (χ2v) is 5.04. The lowest BCUT2D eigenvalue weighted by molar-refractivity contribution is -0.116. The summed E-state index contributed by atoms with van der Waals surface area (Å²) in [7, 11) is 0. The molecule has 4 heteroatoms. The minimum absolute atomic E-state index is 0.0931. The van der Waals surface area contributed by atoms with E-state index in [0.717, 1.165) is 13.1 Å². The first kappa shape index (κ1) is 12.3. The molecule has 1 amide bonds. The summed E-state index contributed by atoms with van der Waals surface area (Å²) in [4.78, 5) is 13.7. The van der Waals surface area contributed by atoms with Crippen LogP contribution in [0, 0.1) is 0 Å². The summed E-state index contributed by atoms with van der Waals surface area (Å²) in [6.07, 6.45) is 3.85. The summed E-state index contributed by atoms with van der Waals surface area (Å²) in [6, 6.07) is 2.46. The van der Waals surface area contributed by atoms with Crippen LogP contribution in [-0.2, 0) is 4.79 Å². The second kappa shape index (κ2) is 5.98. The van der Waals surface area contributed by atoms with Crippen molar-refractivity contribution in [1.82, 2.24) is 10.2 Å². The Morgan fingerprint density at radius 2 is 2.35 bits per heavy atom. The third kappa shape index (κ3) is 3.17. The molecule has 92 valence electrons. The average molecular weight is 250 g/mol. The van der Waals surface area contributed by atoms with Gasteiger partial charge in [-0.1, -0.05) is 6.58 Å². The maximum Gasteiger partial charge on any atom is 0.243 e. The summed E-state index contributed by atoms with van der Waals surface area (Å²) < 4.78 is 0. The maximum absolute atomic E-state index is 11.3. The monoisotopic (exact) mass is 250 g/mol. The lowest BCUT2D eigenvalue weighted by atomic mass is 10.1. The van der Waals surface area contributed by atoms with E-state index in [1.165, 1.54) is 24.5 Å². The van der Waals surface area contributed by atoms with Crippen LogP contribution in [0.5, 0.6) is 0 Å². The van der Waals surface area contributed by atoms with Crippen LogP contribution in [0.25, 0.3) is 0 Å². The highest BCUT2D eigenvalue weighted by Gasteiger charge is 2.23. The molecule has 0 aromatic carbocycles. The molecule has 1 aromatic rings. The van der Waals surface area contributed by atoms with Crippen LogP contribution in [-0.4, -0.2) is 30.4 Å². The summed E-state index contributed by atoms with van der Waals surface area (Å²) in [5.41, 5.74) is 1.31. The number of nitrogens with one attached hydrogen (secondary N) is 1. The van der Waals surface area contributed by atoms with E-state index in [9.17, 15) is 4.79 Å². The van der Waals surface area contributed by atoms with Crippen molar-refractivity contribution in [2.75, 3.05) is 19.6 Å². The number of likely N-dealkylation sites (tertiary alicyclic amines) is 1. The van der Waals surface area contributed by atoms with Crippen molar-refractivity contribution in [2.24, 2.45) is 0 Å². The minimum Gasteiger partial charge on any atom is -0.351 e. The summed E-state index contributed by atoms with van der Waals surface area (Å²) in [5, 5.41) is 7.16. The standard InChI is InChI=1S/C13H18N2OS/c1-2-13(16)14-9-12(11-5-8-17-10-11)15-6-3-4-7-15/h2,5,8,10,12H,1,3-4,6-7,9H2,(H,14,16). The van der Waals surface area contributed by atoms with E-state index in [1.54, 1.807) is 11.3 Å². The Bertz CT molecular complexity index is 369. The van der Waals surface area contributed by atoms with Crippen LogP contribution < -0.4 is 5.32 Å². The Hall–Kier alpha value is -1.13. The molecule has 1 unspecified atom stereocenters. The average Bonchev–Trinajstić information content (AvgIpc) is 3.01.